The average Bonchev–Trinajstić information content (AvgIpc) is 2.31. The van der Waals surface area contributed by atoms with E-state index in [0.29, 0.717) is 14.7 Å². The number of carbonyl (C=O) groups is 1. The molecule has 5 nitrogen and oxygen atoms in total. The maximum absolute atomic E-state index is 11.1. The molecule has 0 aliphatic rings. The van der Waals surface area contributed by atoms with Gasteiger partial charge >= 0.3 is 5.97 Å². The molecular weight excluding hydrogens is 318 g/mol. The number of aromatic carboxylic acids is 1. The van der Waals surface area contributed by atoms with Gasteiger partial charge in [0, 0.05) is 22.6 Å². The molecule has 2 rings (SSSR count). The third kappa shape index (κ3) is 3.05. The highest BCUT2D eigenvalue weighted by atomic mass is 79.9. The van der Waals surface area contributed by atoms with Gasteiger partial charge < -0.3 is 5.11 Å². The zero-order chi connectivity index (χ0) is 13.1. The van der Waals surface area contributed by atoms with E-state index in [9.17, 15) is 4.79 Å². The summed E-state index contributed by atoms with van der Waals surface area (Å²) in [5, 5.41) is 9.96. The second kappa shape index (κ2) is 5.45. The summed E-state index contributed by atoms with van der Waals surface area (Å²) in [6.07, 6.45) is 3.18. The van der Waals surface area contributed by atoms with E-state index in [1.165, 1.54) is 6.07 Å². The summed E-state index contributed by atoms with van der Waals surface area (Å²) in [6, 6.07) is 3.28. The molecule has 1 N–H and O–H groups in total. The van der Waals surface area contributed by atoms with Gasteiger partial charge in [0.15, 0.2) is 5.16 Å². The zero-order valence-corrected chi connectivity index (χ0v) is 11.7. The van der Waals surface area contributed by atoms with Crippen molar-refractivity contribution in [2.75, 3.05) is 0 Å². The van der Waals surface area contributed by atoms with Crippen molar-refractivity contribution in [3.8, 4) is 0 Å². The first-order chi connectivity index (χ1) is 8.56. The number of pyridine rings is 1. The summed E-state index contributed by atoms with van der Waals surface area (Å²) in [7, 11) is 0. The largest absolute Gasteiger partial charge is 0.478 e. The Hall–Kier alpha value is -1.47. The van der Waals surface area contributed by atoms with Gasteiger partial charge in [-0.25, -0.2) is 19.7 Å². The first-order valence-corrected chi connectivity index (χ1v) is 6.53. The Bertz CT molecular complexity index is 607. The van der Waals surface area contributed by atoms with Crippen molar-refractivity contribution in [1.82, 2.24) is 15.0 Å². The number of halogens is 1. The van der Waals surface area contributed by atoms with Crippen LogP contribution in [-0.2, 0) is 0 Å². The molecule has 2 aromatic heterocycles. The van der Waals surface area contributed by atoms with Gasteiger partial charge in [-0.2, -0.15) is 0 Å². The molecular formula is C11H8BrN3O2S. The SMILES string of the molecule is Cc1ccnc(Sc2ncc(Br)cc2C(=O)O)n1. The van der Waals surface area contributed by atoms with Crippen LogP contribution in [0.4, 0.5) is 0 Å². The molecule has 0 unspecified atom stereocenters. The molecule has 0 radical (unpaired) electrons. The van der Waals surface area contributed by atoms with Crippen LogP contribution in [0.25, 0.3) is 0 Å². The first-order valence-electron chi connectivity index (χ1n) is 4.92. The summed E-state index contributed by atoms with van der Waals surface area (Å²) >= 11 is 4.33. The number of aromatic nitrogens is 3. The van der Waals surface area contributed by atoms with Crippen LogP contribution < -0.4 is 0 Å². The maximum Gasteiger partial charge on any atom is 0.338 e. The zero-order valence-electron chi connectivity index (χ0n) is 9.29. The van der Waals surface area contributed by atoms with Gasteiger partial charge in [0.05, 0.1) is 5.56 Å². The van der Waals surface area contributed by atoms with E-state index in [1.807, 2.05) is 6.92 Å². The van der Waals surface area contributed by atoms with E-state index in [2.05, 4.69) is 30.9 Å². The summed E-state index contributed by atoms with van der Waals surface area (Å²) < 4.78 is 0.620. The number of carboxylic acids is 1. The van der Waals surface area contributed by atoms with Gasteiger partial charge in [-0.1, -0.05) is 0 Å². The molecule has 0 fully saturated rings. The minimum Gasteiger partial charge on any atom is -0.478 e. The number of carboxylic acid groups (broad SMARTS) is 1. The molecule has 0 amide bonds. The highest BCUT2D eigenvalue weighted by molar-refractivity contribution is 9.10. The second-order valence-corrected chi connectivity index (χ2v) is 5.27. The van der Waals surface area contributed by atoms with E-state index in [-0.39, 0.29) is 5.56 Å². The number of hydrogen-bond donors (Lipinski definition) is 1. The van der Waals surface area contributed by atoms with Gasteiger partial charge in [-0.15, -0.1) is 0 Å². The van der Waals surface area contributed by atoms with E-state index in [0.717, 1.165) is 17.5 Å². The Morgan fingerprint density at radius 2 is 2.22 bits per heavy atom. The summed E-state index contributed by atoms with van der Waals surface area (Å²) in [5.41, 5.74) is 0.945. The van der Waals surface area contributed by atoms with Crippen LogP contribution in [0.2, 0.25) is 0 Å². The summed E-state index contributed by atoms with van der Waals surface area (Å²) in [5.74, 6) is -1.03. The molecule has 18 heavy (non-hydrogen) atoms. The van der Waals surface area contributed by atoms with Crippen molar-refractivity contribution < 1.29 is 9.90 Å². The molecule has 0 bridgehead atoms. The van der Waals surface area contributed by atoms with Gasteiger partial charge in [0.25, 0.3) is 0 Å². The van der Waals surface area contributed by atoms with Crippen LogP contribution in [-0.4, -0.2) is 26.0 Å². The molecule has 7 heteroatoms. The fourth-order valence-corrected chi connectivity index (χ4v) is 2.39. The van der Waals surface area contributed by atoms with Crippen molar-refractivity contribution in [2.24, 2.45) is 0 Å². The van der Waals surface area contributed by atoms with Crippen LogP contribution in [0, 0.1) is 6.92 Å². The molecule has 0 aliphatic heterocycles. The van der Waals surface area contributed by atoms with Crippen molar-refractivity contribution in [3.63, 3.8) is 0 Å². The predicted molar refractivity (Wildman–Crippen MR) is 69.8 cm³/mol. The standard InChI is InChI=1S/C11H8BrN3O2S/c1-6-2-3-13-11(15-6)18-9-8(10(16)17)4-7(12)5-14-9/h2-5H,1H3,(H,16,17). The lowest BCUT2D eigenvalue weighted by molar-refractivity contribution is 0.0692. The summed E-state index contributed by atoms with van der Waals surface area (Å²) in [4.78, 5) is 23.5. The van der Waals surface area contributed by atoms with Crippen molar-refractivity contribution >= 4 is 33.7 Å². The highest BCUT2D eigenvalue weighted by Crippen LogP contribution is 2.27. The normalized spacial score (nSPS) is 10.3. The van der Waals surface area contributed by atoms with Crippen molar-refractivity contribution in [3.05, 3.63) is 40.3 Å². The van der Waals surface area contributed by atoms with Crippen molar-refractivity contribution in [2.45, 2.75) is 17.1 Å². The first kappa shape index (κ1) is 13.0. The Balaban J connectivity index is 2.37. The molecule has 0 aromatic carbocycles. The van der Waals surface area contributed by atoms with Crippen molar-refractivity contribution in [1.29, 1.82) is 0 Å². The Morgan fingerprint density at radius 3 is 2.89 bits per heavy atom. The second-order valence-electron chi connectivity index (χ2n) is 3.39. The van der Waals surface area contributed by atoms with Crippen LogP contribution in [0.3, 0.4) is 0 Å². The van der Waals surface area contributed by atoms with E-state index < -0.39 is 5.97 Å². The molecule has 0 saturated carbocycles. The number of rotatable bonds is 3. The van der Waals surface area contributed by atoms with E-state index in [1.54, 1.807) is 18.5 Å². The quantitative estimate of drug-likeness (QED) is 0.874. The topological polar surface area (TPSA) is 76.0 Å². The molecule has 2 aromatic rings. The van der Waals surface area contributed by atoms with Crippen LogP contribution in [0.15, 0.2) is 39.2 Å². The number of aryl methyl sites for hydroxylation is 1. The lowest BCUT2D eigenvalue weighted by Crippen LogP contribution is -2.01. The maximum atomic E-state index is 11.1. The average molecular weight is 326 g/mol. The number of hydrogen-bond acceptors (Lipinski definition) is 5. The molecule has 0 aliphatic carbocycles. The van der Waals surface area contributed by atoms with E-state index >= 15 is 0 Å². The van der Waals surface area contributed by atoms with Gasteiger partial charge in [0.1, 0.15) is 5.03 Å². The van der Waals surface area contributed by atoms with Gasteiger partial charge in [-0.05, 0) is 46.7 Å². The fraction of sp³-hybridized carbons (Fsp3) is 0.0909. The molecule has 92 valence electrons. The molecule has 0 saturated heterocycles. The van der Waals surface area contributed by atoms with Gasteiger partial charge in [-0.3, -0.25) is 0 Å². The lowest BCUT2D eigenvalue weighted by atomic mass is 10.3. The smallest absolute Gasteiger partial charge is 0.338 e. The minimum absolute atomic E-state index is 0.125. The van der Waals surface area contributed by atoms with E-state index in [4.69, 9.17) is 5.11 Å². The lowest BCUT2D eigenvalue weighted by Gasteiger charge is -2.04. The Labute approximate surface area is 116 Å². The van der Waals surface area contributed by atoms with Gasteiger partial charge in [0.2, 0.25) is 0 Å². The molecule has 0 spiro atoms. The Kier molecular flexibility index (Phi) is 3.93. The summed E-state index contributed by atoms with van der Waals surface area (Å²) in [6.45, 7) is 1.85. The van der Waals surface area contributed by atoms with Crippen LogP contribution >= 0.6 is 27.7 Å². The third-order valence-corrected chi connectivity index (χ3v) is 3.34. The number of nitrogens with zero attached hydrogens (tertiary/aromatic N) is 3. The highest BCUT2D eigenvalue weighted by Gasteiger charge is 2.14. The molecule has 0 atom stereocenters. The predicted octanol–water partition coefficient (Wildman–Crippen LogP) is 2.79. The molecule has 2 heterocycles. The van der Waals surface area contributed by atoms with Crippen LogP contribution in [0.1, 0.15) is 16.1 Å². The third-order valence-electron chi connectivity index (χ3n) is 2.01. The monoisotopic (exact) mass is 325 g/mol. The minimum atomic E-state index is -1.03. The van der Waals surface area contributed by atoms with Crippen LogP contribution in [0.5, 0.6) is 0 Å². The Morgan fingerprint density at radius 1 is 1.44 bits per heavy atom. The fourth-order valence-electron chi connectivity index (χ4n) is 1.22.